The van der Waals surface area contributed by atoms with Gasteiger partial charge in [0.15, 0.2) is 0 Å². The van der Waals surface area contributed by atoms with E-state index in [1.807, 2.05) is 36.5 Å². The Morgan fingerprint density at radius 3 is 2.65 bits per heavy atom. The third kappa shape index (κ3) is 3.55. The van der Waals surface area contributed by atoms with Gasteiger partial charge in [-0.05, 0) is 30.4 Å². The third-order valence-electron chi connectivity index (χ3n) is 4.71. The highest BCUT2D eigenvalue weighted by Gasteiger charge is 2.37. The molecule has 1 aliphatic carbocycles. The molecule has 0 spiro atoms. The van der Waals surface area contributed by atoms with Gasteiger partial charge in [0, 0.05) is 24.7 Å². The van der Waals surface area contributed by atoms with Crippen molar-refractivity contribution < 1.29 is 14.7 Å². The second kappa shape index (κ2) is 6.44. The Kier molecular flexibility index (Phi) is 4.37. The number of carbonyl (C=O) groups is 2. The fourth-order valence-corrected chi connectivity index (χ4v) is 3.60. The van der Waals surface area contributed by atoms with E-state index in [1.165, 1.54) is 0 Å². The van der Waals surface area contributed by atoms with Gasteiger partial charge in [0.05, 0.1) is 12.0 Å². The van der Waals surface area contributed by atoms with E-state index in [4.69, 9.17) is 5.11 Å². The van der Waals surface area contributed by atoms with Gasteiger partial charge >= 0.3 is 5.97 Å². The lowest BCUT2D eigenvalue weighted by Gasteiger charge is -2.28. The number of benzene rings is 1. The van der Waals surface area contributed by atoms with Gasteiger partial charge in [0.25, 0.3) is 0 Å². The minimum atomic E-state index is -0.844. The molecule has 1 aromatic heterocycles. The molecule has 2 aromatic rings. The fourth-order valence-electron chi connectivity index (χ4n) is 3.60. The molecule has 0 aliphatic heterocycles. The smallest absolute Gasteiger partial charge is 0.305 e. The van der Waals surface area contributed by atoms with E-state index in [0.29, 0.717) is 13.0 Å². The first-order valence-corrected chi connectivity index (χ1v) is 8.15. The monoisotopic (exact) mass is 314 g/mol. The zero-order chi connectivity index (χ0) is 16.3. The van der Waals surface area contributed by atoms with E-state index < -0.39 is 11.5 Å². The number of rotatable bonds is 6. The highest BCUT2D eigenvalue weighted by Crippen LogP contribution is 2.32. The van der Waals surface area contributed by atoms with Gasteiger partial charge in [-0.25, -0.2) is 0 Å². The molecule has 5 nitrogen and oxygen atoms in total. The molecule has 1 saturated carbocycles. The van der Waals surface area contributed by atoms with Gasteiger partial charge < -0.3 is 15.0 Å². The van der Waals surface area contributed by atoms with Crippen LogP contribution in [0, 0.1) is 0 Å². The Bertz CT molecular complexity index is 714. The fraction of sp³-hybridized carbons (Fsp3) is 0.444. The SMILES string of the molecule is O=C(O)CC1(NC(=O)CCn2ccc3ccccc32)CCCC1. The number of carboxylic acids is 1. The molecular weight excluding hydrogens is 292 g/mol. The molecule has 0 bridgehead atoms. The lowest BCUT2D eigenvalue weighted by Crippen LogP contribution is -2.48. The zero-order valence-corrected chi connectivity index (χ0v) is 13.1. The van der Waals surface area contributed by atoms with Crippen LogP contribution in [0.25, 0.3) is 10.9 Å². The summed E-state index contributed by atoms with van der Waals surface area (Å²) < 4.78 is 2.06. The molecule has 1 aliphatic rings. The Morgan fingerprint density at radius 2 is 1.91 bits per heavy atom. The summed E-state index contributed by atoms with van der Waals surface area (Å²) in [7, 11) is 0. The normalized spacial score (nSPS) is 16.5. The molecule has 0 atom stereocenters. The first-order chi connectivity index (χ1) is 11.1. The van der Waals surface area contributed by atoms with Crippen LogP contribution in [0.1, 0.15) is 38.5 Å². The number of nitrogens with zero attached hydrogens (tertiary/aromatic N) is 1. The molecule has 122 valence electrons. The van der Waals surface area contributed by atoms with Crippen molar-refractivity contribution in [2.45, 2.75) is 50.6 Å². The molecule has 0 radical (unpaired) electrons. The van der Waals surface area contributed by atoms with Crippen molar-refractivity contribution in [3.05, 3.63) is 36.5 Å². The number of carbonyl (C=O) groups excluding carboxylic acids is 1. The molecule has 1 fully saturated rings. The number of carboxylic acid groups (broad SMARTS) is 1. The van der Waals surface area contributed by atoms with E-state index in [1.54, 1.807) is 0 Å². The van der Waals surface area contributed by atoms with E-state index in [9.17, 15) is 9.59 Å². The Hall–Kier alpha value is -2.30. The van der Waals surface area contributed by atoms with Crippen molar-refractivity contribution in [2.75, 3.05) is 0 Å². The van der Waals surface area contributed by atoms with Crippen molar-refractivity contribution in [1.29, 1.82) is 0 Å². The first-order valence-electron chi connectivity index (χ1n) is 8.15. The van der Waals surface area contributed by atoms with Gasteiger partial charge in [-0.2, -0.15) is 0 Å². The van der Waals surface area contributed by atoms with E-state index in [-0.39, 0.29) is 12.3 Å². The summed E-state index contributed by atoms with van der Waals surface area (Å²) in [6, 6.07) is 10.1. The lowest BCUT2D eigenvalue weighted by atomic mass is 9.93. The van der Waals surface area contributed by atoms with Gasteiger partial charge in [0.2, 0.25) is 5.91 Å². The van der Waals surface area contributed by atoms with Crippen LogP contribution in [0.3, 0.4) is 0 Å². The van der Waals surface area contributed by atoms with E-state index in [2.05, 4.69) is 9.88 Å². The summed E-state index contributed by atoms with van der Waals surface area (Å²) in [6.07, 6.45) is 5.85. The molecule has 1 amide bonds. The topological polar surface area (TPSA) is 71.3 Å². The maximum Gasteiger partial charge on any atom is 0.305 e. The molecular formula is C18H22N2O3. The van der Waals surface area contributed by atoms with Crippen molar-refractivity contribution in [3.8, 4) is 0 Å². The summed E-state index contributed by atoms with van der Waals surface area (Å²) in [5.74, 6) is -0.908. The predicted molar refractivity (Wildman–Crippen MR) is 88.1 cm³/mol. The number of aryl methyl sites for hydroxylation is 1. The average Bonchev–Trinajstić information content (AvgIpc) is 3.11. The average molecular weight is 314 g/mol. The molecule has 2 N–H and O–H groups in total. The molecule has 5 heteroatoms. The Labute approximate surface area is 135 Å². The predicted octanol–water partition coefficient (Wildman–Crippen LogP) is 2.94. The van der Waals surface area contributed by atoms with Crippen molar-refractivity contribution in [1.82, 2.24) is 9.88 Å². The van der Waals surface area contributed by atoms with Gasteiger partial charge in [-0.3, -0.25) is 9.59 Å². The molecule has 23 heavy (non-hydrogen) atoms. The van der Waals surface area contributed by atoms with Crippen LogP contribution in [-0.2, 0) is 16.1 Å². The number of aromatic nitrogens is 1. The van der Waals surface area contributed by atoms with E-state index >= 15 is 0 Å². The first kappa shape index (κ1) is 15.6. The molecule has 0 unspecified atom stereocenters. The highest BCUT2D eigenvalue weighted by atomic mass is 16.4. The van der Waals surface area contributed by atoms with Crippen molar-refractivity contribution >= 4 is 22.8 Å². The maximum atomic E-state index is 12.3. The van der Waals surface area contributed by atoms with Crippen LogP contribution >= 0.6 is 0 Å². The summed E-state index contributed by atoms with van der Waals surface area (Å²) >= 11 is 0. The molecule has 3 rings (SSSR count). The Morgan fingerprint density at radius 1 is 1.17 bits per heavy atom. The molecule has 1 heterocycles. The van der Waals surface area contributed by atoms with Crippen LogP contribution in [0.15, 0.2) is 36.5 Å². The number of para-hydroxylation sites is 1. The van der Waals surface area contributed by atoms with Crippen molar-refractivity contribution in [2.24, 2.45) is 0 Å². The second-order valence-electron chi connectivity index (χ2n) is 6.42. The maximum absolute atomic E-state index is 12.3. The van der Waals surface area contributed by atoms with Crippen LogP contribution in [0.2, 0.25) is 0 Å². The number of amides is 1. The summed E-state index contributed by atoms with van der Waals surface area (Å²) in [4.78, 5) is 23.4. The van der Waals surface area contributed by atoms with E-state index in [0.717, 1.165) is 36.6 Å². The quantitative estimate of drug-likeness (QED) is 0.861. The summed E-state index contributed by atoms with van der Waals surface area (Å²) in [5, 5.41) is 13.3. The second-order valence-corrected chi connectivity index (χ2v) is 6.42. The summed E-state index contributed by atoms with van der Waals surface area (Å²) in [6.45, 7) is 0.600. The lowest BCUT2D eigenvalue weighted by molar-refractivity contribution is -0.139. The van der Waals surface area contributed by atoms with Crippen LogP contribution in [0.4, 0.5) is 0 Å². The highest BCUT2D eigenvalue weighted by molar-refractivity contribution is 5.81. The van der Waals surface area contributed by atoms with Crippen LogP contribution in [0.5, 0.6) is 0 Å². The molecule has 1 aromatic carbocycles. The van der Waals surface area contributed by atoms with Crippen LogP contribution < -0.4 is 5.32 Å². The standard InChI is InChI=1S/C18H22N2O3/c21-16(19-18(13-17(22)23)9-3-4-10-18)8-12-20-11-7-14-5-1-2-6-15(14)20/h1-2,5-7,11H,3-4,8-10,12-13H2,(H,19,21)(H,22,23). The molecule has 0 saturated heterocycles. The van der Waals surface area contributed by atoms with Gasteiger partial charge in [-0.15, -0.1) is 0 Å². The van der Waals surface area contributed by atoms with Gasteiger partial charge in [0.1, 0.15) is 0 Å². The number of hydrogen-bond acceptors (Lipinski definition) is 2. The third-order valence-corrected chi connectivity index (χ3v) is 4.71. The number of nitrogens with one attached hydrogen (secondary N) is 1. The summed E-state index contributed by atoms with van der Waals surface area (Å²) in [5.41, 5.74) is 0.572. The van der Waals surface area contributed by atoms with Crippen LogP contribution in [-0.4, -0.2) is 27.1 Å². The number of aliphatic carboxylic acids is 1. The van der Waals surface area contributed by atoms with Gasteiger partial charge in [-0.1, -0.05) is 31.0 Å². The minimum Gasteiger partial charge on any atom is -0.481 e. The largest absolute Gasteiger partial charge is 0.481 e. The minimum absolute atomic E-state index is 0.0190. The van der Waals surface area contributed by atoms with Crippen molar-refractivity contribution in [3.63, 3.8) is 0 Å². The number of hydrogen-bond donors (Lipinski definition) is 2. The zero-order valence-electron chi connectivity index (χ0n) is 13.1. The Balaban J connectivity index is 1.61. The number of fused-ring (bicyclic) bond motifs is 1.